The third-order valence-corrected chi connectivity index (χ3v) is 6.16. The van der Waals surface area contributed by atoms with Crippen LogP contribution in [0, 0.1) is 0 Å². The molecule has 1 saturated heterocycles. The maximum atomic E-state index is 13.2. The smallest absolute Gasteiger partial charge is 0.497 e. The predicted molar refractivity (Wildman–Crippen MR) is 130 cm³/mol. The topological polar surface area (TPSA) is 76.2 Å². The summed E-state index contributed by atoms with van der Waals surface area (Å²) in [6, 6.07) is 10.4. The zero-order chi connectivity index (χ0) is 24.1. The summed E-state index contributed by atoms with van der Waals surface area (Å²) in [6.07, 6.45) is -4.79. The lowest BCUT2D eigenvalue weighted by molar-refractivity contribution is -0.274. The van der Waals surface area contributed by atoms with Crippen LogP contribution in [0.2, 0.25) is 0 Å². The molecule has 0 radical (unpaired) electrons. The predicted octanol–water partition coefficient (Wildman–Crippen LogP) is 5.00. The van der Waals surface area contributed by atoms with Crippen molar-refractivity contribution in [3.05, 3.63) is 42.5 Å². The van der Waals surface area contributed by atoms with E-state index in [2.05, 4.69) is 19.9 Å². The summed E-state index contributed by atoms with van der Waals surface area (Å²) in [6.45, 7) is 3.68. The van der Waals surface area contributed by atoms with Crippen molar-refractivity contribution in [3.63, 3.8) is 0 Å². The summed E-state index contributed by atoms with van der Waals surface area (Å²) in [5.74, 6) is 0.255. The lowest BCUT2D eigenvalue weighted by Gasteiger charge is -2.29. The summed E-state index contributed by atoms with van der Waals surface area (Å²) in [5, 5.41) is 3.22. The molecule has 1 fully saturated rings. The van der Waals surface area contributed by atoms with E-state index in [0.717, 1.165) is 24.4 Å². The van der Waals surface area contributed by atoms with Crippen molar-refractivity contribution in [2.24, 2.45) is 0 Å². The number of halogens is 4. The molecule has 0 aliphatic carbocycles. The number of ether oxygens (including phenoxy) is 3. The van der Waals surface area contributed by atoms with E-state index in [0.29, 0.717) is 53.1 Å². The van der Waals surface area contributed by atoms with Gasteiger partial charge in [-0.05, 0) is 24.3 Å². The van der Waals surface area contributed by atoms with Gasteiger partial charge in [-0.1, -0.05) is 17.4 Å². The van der Waals surface area contributed by atoms with Crippen molar-refractivity contribution in [3.8, 4) is 11.5 Å². The van der Waals surface area contributed by atoms with E-state index in [1.54, 1.807) is 24.3 Å². The molecule has 2 aromatic carbocycles. The summed E-state index contributed by atoms with van der Waals surface area (Å²) >= 11 is 1.12. The number of urea groups is 1. The van der Waals surface area contributed by atoms with E-state index in [4.69, 9.17) is 9.47 Å². The highest BCUT2D eigenvalue weighted by molar-refractivity contribution is 7.22. The SMILES string of the molecule is COc1cccc(NC(=O)N(CCN2CCOCC2)c2nc3ccc(OC(F)(F)F)cc3s2)c1.Cl. The molecule has 1 aliphatic rings. The molecule has 0 saturated carbocycles. The van der Waals surface area contributed by atoms with E-state index in [1.165, 1.54) is 30.2 Å². The number of benzene rings is 2. The summed E-state index contributed by atoms with van der Waals surface area (Å²) in [7, 11) is 1.54. The van der Waals surface area contributed by atoms with Crippen LogP contribution in [0.4, 0.5) is 28.8 Å². The highest BCUT2D eigenvalue weighted by Crippen LogP contribution is 2.33. The fourth-order valence-corrected chi connectivity index (χ4v) is 4.47. The highest BCUT2D eigenvalue weighted by Gasteiger charge is 2.31. The number of hydrogen-bond donors (Lipinski definition) is 1. The second-order valence-corrected chi connectivity index (χ2v) is 8.45. The number of amides is 2. The number of rotatable bonds is 7. The maximum Gasteiger partial charge on any atom is 0.573 e. The molecule has 13 heteroatoms. The molecular formula is C22H24ClF3N4O4S. The molecule has 2 heterocycles. The quantitative estimate of drug-likeness (QED) is 0.462. The fourth-order valence-electron chi connectivity index (χ4n) is 3.45. The number of nitrogens with one attached hydrogen (secondary N) is 1. The average molecular weight is 533 g/mol. The van der Waals surface area contributed by atoms with Crippen LogP contribution in [0.3, 0.4) is 0 Å². The molecule has 1 N–H and O–H groups in total. The van der Waals surface area contributed by atoms with Crippen molar-refractivity contribution in [2.45, 2.75) is 6.36 Å². The Kier molecular flexibility index (Phi) is 9.00. The van der Waals surface area contributed by atoms with Crippen LogP contribution in [0.25, 0.3) is 10.2 Å². The highest BCUT2D eigenvalue weighted by atomic mass is 35.5. The Morgan fingerprint density at radius 3 is 2.69 bits per heavy atom. The minimum atomic E-state index is -4.79. The second kappa shape index (κ2) is 11.8. The van der Waals surface area contributed by atoms with E-state index < -0.39 is 12.4 Å². The molecule has 35 heavy (non-hydrogen) atoms. The Hall–Kier alpha value is -2.80. The van der Waals surface area contributed by atoms with Gasteiger partial charge >= 0.3 is 12.4 Å². The molecule has 8 nitrogen and oxygen atoms in total. The molecule has 190 valence electrons. The van der Waals surface area contributed by atoms with E-state index in [1.807, 2.05) is 0 Å². The summed E-state index contributed by atoms with van der Waals surface area (Å²) in [4.78, 5) is 21.4. The molecule has 0 spiro atoms. The first-order valence-corrected chi connectivity index (χ1v) is 11.3. The molecule has 0 atom stereocenters. The second-order valence-electron chi connectivity index (χ2n) is 7.44. The number of anilines is 2. The number of thiazole rings is 1. The van der Waals surface area contributed by atoms with Crippen LogP contribution in [-0.4, -0.2) is 68.8 Å². The van der Waals surface area contributed by atoms with Gasteiger partial charge in [0.05, 0.1) is 30.5 Å². The normalized spacial score (nSPS) is 14.3. The van der Waals surface area contributed by atoms with Gasteiger partial charge in [-0.2, -0.15) is 0 Å². The molecule has 4 rings (SSSR count). The number of carbonyl (C=O) groups is 1. The van der Waals surface area contributed by atoms with E-state index >= 15 is 0 Å². The first-order valence-electron chi connectivity index (χ1n) is 10.5. The monoisotopic (exact) mass is 532 g/mol. The first-order chi connectivity index (χ1) is 16.3. The van der Waals surface area contributed by atoms with Gasteiger partial charge in [0.1, 0.15) is 11.5 Å². The molecular weight excluding hydrogens is 509 g/mol. The number of methoxy groups -OCH3 is 1. The lowest BCUT2D eigenvalue weighted by Crippen LogP contribution is -2.44. The van der Waals surface area contributed by atoms with Gasteiger partial charge in [-0.3, -0.25) is 9.80 Å². The number of aromatic nitrogens is 1. The van der Waals surface area contributed by atoms with Crippen LogP contribution >= 0.6 is 23.7 Å². The van der Waals surface area contributed by atoms with Gasteiger partial charge in [0.15, 0.2) is 5.13 Å². The van der Waals surface area contributed by atoms with Crippen molar-refractivity contribution >= 4 is 50.8 Å². The van der Waals surface area contributed by atoms with Gasteiger partial charge in [-0.15, -0.1) is 25.6 Å². The number of fused-ring (bicyclic) bond motifs is 1. The minimum Gasteiger partial charge on any atom is -0.497 e. The van der Waals surface area contributed by atoms with Gasteiger partial charge in [0, 0.05) is 44.0 Å². The maximum absolute atomic E-state index is 13.2. The Morgan fingerprint density at radius 1 is 1.20 bits per heavy atom. The van der Waals surface area contributed by atoms with Gasteiger partial charge < -0.3 is 19.5 Å². The molecule has 3 aromatic rings. The largest absolute Gasteiger partial charge is 0.573 e. The Balaban J connectivity index is 0.00000342. The summed E-state index contributed by atoms with van der Waals surface area (Å²) < 4.78 is 52.9. The lowest BCUT2D eigenvalue weighted by atomic mass is 10.3. The number of hydrogen-bond acceptors (Lipinski definition) is 7. The standard InChI is InChI=1S/C22H23F3N4O4S.ClH/c1-31-16-4-2-3-15(13-16)26-20(30)29(8-7-28-9-11-32-12-10-28)21-27-18-6-5-17(14-19(18)34-21)33-22(23,24)25;/h2-6,13-14H,7-12H2,1H3,(H,26,30);1H. The van der Waals surface area contributed by atoms with E-state index in [-0.39, 0.29) is 18.2 Å². The number of carbonyl (C=O) groups excluding carboxylic acids is 1. The Labute approximate surface area is 210 Å². The van der Waals surface area contributed by atoms with Crippen molar-refractivity contribution in [1.29, 1.82) is 0 Å². The summed E-state index contributed by atoms with van der Waals surface area (Å²) in [5.41, 5.74) is 1.02. The van der Waals surface area contributed by atoms with Crippen molar-refractivity contribution in [1.82, 2.24) is 9.88 Å². The van der Waals surface area contributed by atoms with Gasteiger partial charge in [-0.25, -0.2) is 9.78 Å². The zero-order valence-electron chi connectivity index (χ0n) is 18.7. The third-order valence-electron chi connectivity index (χ3n) is 5.12. The molecule has 1 aromatic heterocycles. The Bertz CT molecular complexity index is 1140. The fraction of sp³-hybridized carbons (Fsp3) is 0.364. The molecule has 0 bridgehead atoms. The number of alkyl halides is 3. The van der Waals surface area contributed by atoms with Gasteiger partial charge in [0.25, 0.3) is 0 Å². The van der Waals surface area contributed by atoms with Crippen molar-refractivity contribution in [2.75, 3.05) is 56.7 Å². The van der Waals surface area contributed by atoms with Gasteiger partial charge in [0.2, 0.25) is 0 Å². The van der Waals surface area contributed by atoms with E-state index in [9.17, 15) is 18.0 Å². The zero-order valence-corrected chi connectivity index (χ0v) is 20.3. The van der Waals surface area contributed by atoms with Crippen molar-refractivity contribution < 1.29 is 32.2 Å². The van der Waals surface area contributed by atoms with Crippen LogP contribution < -0.4 is 19.7 Å². The minimum absolute atomic E-state index is 0. The van der Waals surface area contributed by atoms with Crippen LogP contribution in [0.5, 0.6) is 11.5 Å². The first kappa shape index (κ1) is 26.8. The Morgan fingerprint density at radius 2 is 1.97 bits per heavy atom. The van der Waals surface area contributed by atoms with Crippen LogP contribution in [-0.2, 0) is 4.74 Å². The number of nitrogens with zero attached hydrogens (tertiary/aromatic N) is 3. The molecule has 1 aliphatic heterocycles. The van der Waals surface area contributed by atoms with Crippen LogP contribution in [0.1, 0.15) is 0 Å². The molecule has 0 unspecified atom stereocenters. The molecule has 2 amide bonds. The number of morpholine rings is 1. The third kappa shape index (κ3) is 7.34. The van der Waals surface area contributed by atoms with Crippen LogP contribution in [0.15, 0.2) is 42.5 Å². The average Bonchev–Trinajstić information content (AvgIpc) is 3.22.